The van der Waals surface area contributed by atoms with Gasteiger partial charge in [-0.3, -0.25) is 9.59 Å². The molecule has 3 aromatic rings. The monoisotopic (exact) mass is 418 g/mol. The third-order valence-electron chi connectivity index (χ3n) is 5.63. The number of amides is 1. The van der Waals surface area contributed by atoms with Crippen molar-refractivity contribution < 1.29 is 14.3 Å². The Morgan fingerprint density at radius 2 is 1.55 bits per heavy atom. The SMILES string of the molecule is COc1ccccc1C(=O)CCC(=O)N1CCN(c2nc3ccccc3nc2C)CC1. The topological polar surface area (TPSA) is 75.6 Å². The van der Waals surface area contributed by atoms with Gasteiger partial charge in [0.2, 0.25) is 5.91 Å². The van der Waals surface area contributed by atoms with Gasteiger partial charge in [-0.05, 0) is 31.2 Å². The third-order valence-corrected chi connectivity index (χ3v) is 5.63. The van der Waals surface area contributed by atoms with E-state index in [1.807, 2.05) is 42.2 Å². The number of piperazine rings is 1. The van der Waals surface area contributed by atoms with E-state index in [9.17, 15) is 9.59 Å². The van der Waals surface area contributed by atoms with Crippen LogP contribution in [-0.4, -0.2) is 59.8 Å². The number of hydrogen-bond acceptors (Lipinski definition) is 6. The van der Waals surface area contributed by atoms with E-state index in [2.05, 4.69) is 9.88 Å². The van der Waals surface area contributed by atoms with Crippen LogP contribution in [0.2, 0.25) is 0 Å². The summed E-state index contributed by atoms with van der Waals surface area (Å²) in [6.07, 6.45) is 0.375. The van der Waals surface area contributed by atoms with Crippen molar-refractivity contribution in [1.82, 2.24) is 14.9 Å². The van der Waals surface area contributed by atoms with Gasteiger partial charge in [-0.2, -0.15) is 0 Å². The van der Waals surface area contributed by atoms with Gasteiger partial charge in [-0.25, -0.2) is 9.97 Å². The molecule has 7 nitrogen and oxygen atoms in total. The summed E-state index contributed by atoms with van der Waals surface area (Å²) in [5.74, 6) is 1.34. The quantitative estimate of drug-likeness (QED) is 0.572. The number of fused-ring (bicyclic) bond motifs is 1. The first kappa shape index (κ1) is 20.8. The molecule has 2 heterocycles. The molecule has 0 saturated carbocycles. The second-order valence-corrected chi connectivity index (χ2v) is 7.61. The number of hydrogen-bond donors (Lipinski definition) is 0. The molecule has 1 aromatic heterocycles. The molecule has 0 bridgehead atoms. The molecule has 2 aromatic carbocycles. The number of carbonyl (C=O) groups is 2. The van der Waals surface area contributed by atoms with Crippen molar-refractivity contribution in [2.24, 2.45) is 0 Å². The number of carbonyl (C=O) groups excluding carboxylic acids is 2. The number of aromatic nitrogens is 2. The van der Waals surface area contributed by atoms with Crippen LogP contribution in [0.15, 0.2) is 48.5 Å². The minimum atomic E-state index is -0.0773. The first-order valence-electron chi connectivity index (χ1n) is 10.5. The average Bonchev–Trinajstić information content (AvgIpc) is 2.82. The van der Waals surface area contributed by atoms with Crippen molar-refractivity contribution in [1.29, 1.82) is 0 Å². The lowest BCUT2D eigenvalue weighted by atomic mass is 10.0. The maximum absolute atomic E-state index is 12.7. The fourth-order valence-electron chi connectivity index (χ4n) is 3.93. The molecule has 160 valence electrons. The largest absolute Gasteiger partial charge is 0.496 e. The summed E-state index contributed by atoms with van der Waals surface area (Å²) < 4.78 is 5.25. The lowest BCUT2D eigenvalue weighted by Crippen LogP contribution is -2.49. The van der Waals surface area contributed by atoms with Crippen molar-refractivity contribution in [2.45, 2.75) is 19.8 Å². The number of ketones is 1. The van der Waals surface area contributed by atoms with Gasteiger partial charge in [0.25, 0.3) is 0 Å². The second-order valence-electron chi connectivity index (χ2n) is 7.61. The Bertz CT molecular complexity index is 1110. The van der Waals surface area contributed by atoms with Gasteiger partial charge in [0.15, 0.2) is 11.6 Å². The molecule has 1 saturated heterocycles. The van der Waals surface area contributed by atoms with Gasteiger partial charge < -0.3 is 14.5 Å². The van der Waals surface area contributed by atoms with Crippen molar-refractivity contribution in [3.8, 4) is 5.75 Å². The summed E-state index contributed by atoms with van der Waals surface area (Å²) in [5.41, 5.74) is 3.17. The summed E-state index contributed by atoms with van der Waals surface area (Å²) in [7, 11) is 1.54. The Morgan fingerprint density at radius 1 is 0.903 bits per heavy atom. The van der Waals surface area contributed by atoms with Gasteiger partial charge in [-0.1, -0.05) is 24.3 Å². The highest BCUT2D eigenvalue weighted by Gasteiger charge is 2.24. The van der Waals surface area contributed by atoms with Gasteiger partial charge in [0.1, 0.15) is 5.75 Å². The van der Waals surface area contributed by atoms with E-state index in [0.29, 0.717) is 37.5 Å². The highest BCUT2D eigenvalue weighted by molar-refractivity contribution is 6.00. The third kappa shape index (κ3) is 4.50. The Balaban J connectivity index is 1.34. The van der Waals surface area contributed by atoms with E-state index in [1.54, 1.807) is 25.3 Å². The number of ether oxygens (including phenoxy) is 1. The molecule has 1 amide bonds. The van der Waals surface area contributed by atoms with E-state index in [1.165, 1.54) is 0 Å². The molecule has 1 aliphatic rings. The molecule has 7 heteroatoms. The van der Waals surface area contributed by atoms with E-state index in [-0.39, 0.29) is 24.5 Å². The highest BCUT2D eigenvalue weighted by Crippen LogP contribution is 2.22. The van der Waals surface area contributed by atoms with Crippen LogP contribution in [0.25, 0.3) is 11.0 Å². The Labute approximate surface area is 181 Å². The normalized spacial score (nSPS) is 14.0. The lowest BCUT2D eigenvalue weighted by molar-refractivity contribution is -0.131. The number of benzene rings is 2. The Morgan fingerprint density at radius 3 is 2.26 bits per heavy atom. The molecule has 1 aliphatic heterocycles. The van der Waals surface area contributed by atoms with Gasteiger partial charge >= 0.3 is 0 Å². The molecule has 0 aliphatic carbocycles. The molecule has 31 heavy (non-hydrogen) atoms. The first-order chi connectivity index (χ1) is 15.1. The van der Waals surface area contributed by atoms with E-state index in [4.69, 9.17) is 9.72 Å². The van der Waals surface area contributed by atoms with Crippen LogP contribution in [0.4, 0.5) is 5.82 Å². The standard InChI is InChI=1S/C24H26N4O3/c1-17-24(26-20-9-5-4-8-19(20)25-17)28-15-13-27(14-16-28)23(30)12-11-21(29)18-7-3-6-10-22(18)31-2/h3-10H,11-16H2,1-2H3. The van der Waals surface area contributed by atoms with Crippen LogP contribution < -0.4 is 9.64 Å². The molecule has 0 unspecified atom stereocenters. The van der Waals surface area contributed by atoms with E-state index < -0.39 is 0 Å². The van der Waals surface area contributed by atoms with Crippen LogP contribution in [0.5, 0.6) is 5.75 Å². The molecule has 0 spiro atoms. The Kier molecular flexibility index (Phi) is 6.11. The van der Waals surface area contributed by atoms with Crippen LogP contribution in [0.3, 0.4) is 0 Å². The minimum Gasteiger partial charge on any atom is -0.496 e. The Hall–Kier alpha value is -3.48. The zero-order valence-corrected chi connectivity index (χ0v) is 17.9. The van der Waals surface area contributed by atoms with Crippen LogP contribution in [-0.2, 0) is 4.79 Å². The zero-order valence-electron chi connectivity index (χ0n) is 17.9. The second kappa shape index (κ2) is 9.12. The maximum atomic E-state index is 12.7. The fraction of sp³-hybridized carbons (Fsp3) is 0.333. The van der Waals surface area contributed by atoms with Gasteiger partial charge in [0.05, 0.1) is 29.4 Å². The molecule has 0 radical (unpaired) electrons. The predicted octanol–water partition coefficient (Wildman–Crippen LogP) is 3.26. The predicted molar refractivity (Wildman–Crippen MR) is 120 cm³/mol. The fourth-order valence-corrected chi connectivity index (χ4v) is 3.93. The minimum absolute atomic E-state index is 0.00390. The first-order valence-corrected chi connectivity index (χ1v) is 10.5. The number of rotatable bonds is 6. The van der Waals surface area contributed by atoms with E-state index in [0.717, 1.165) is 22.5 Å². The number of para-hydroxylation sites is 3. The number of nitrogens with zero attached hydrogens (tertiary/aromatic N) is 4. The van der Waals surface area contributed by atoms with Gasteiger partial charge in [0, 0.05) is 39.0 Å². The number of Topliss-reactive ketones (excluding diaryl/α,β-unsaturated/α-hetero) is 1. The van der Waals surface area contributed by atoms with Crippen molar-refractivity contribution in [2.75, 3.05) is 38.2 Å². The summed E-state index contributed by atoms with van der Waals surface area (Å²) in [6, 6.07) is 14.9. The van der Waals surface area contributed by atoms with Crippen molar-refractivity contribution in [3.05, 3.63) is 59.8 Å². The summed E-state index contributed by atoms with van der Waals surface area (Å²) >= 11 is 0. The zero-order chi connectivity index (χ0) is 21.8. The van der Waals surface area contributed by atoms with Crippen LogP contribution in [0.1, 0.15) is 28.9 Å². The highest BCUT2D eigenvalue weighted by atomic mass is 16.5. The average molecular weight is 418 g/mol. The maximum Gasteiger partial charge on any atom is 0.223 e. The summed E-state index contributed by atoms with van der Waals surface area (Å²) in [5, 5.41) is 0. The number of anilines is 1. The van der Waals surface area contributed by atoms with Crippen LogP contribution >= 0.6 is 0 Å². The molecule has 4 rings (SSSR count). The van der Waals surface area contributed by atoms with Gasteiger partial charge in [-0.15, -0.1) is 0 Å². The molecule has 1 fully saturated rings. The lowest BCUT2D eigenvalue weighted by Gasteiger charge is -2.36. The number of methoxy groups -OCH3 is 1. The van der Waals surface area contributed by atoms with Crippen molar-refractivity contribution >= 4 is 28.5 Å². The van der Waals surface area contributed by atoms with Crippen molar-refractivity contribution in [3.63, 3.8) is 0 Å². The summed E-state index contributed by atoms with van der Waals surface area (Å²) in [4.78, 5) is 38.6. The number of aryl methyl sites for hydroxylation is 1. The smallest absolute Gasteiger partial charge is 0.223 e. The van der Waals surface area contributed by atoms with E-state index >= 15 is 0 Å². The summed E-state index contributed by atoms with van der Waals surface area (Å²) in [6.45, 7) is 4.57. The van der Waals surface area contributed by atoms with Crippen LogP contribution in [0, 0.1) is 6.92 Å². The molecular formula is C24H26N4O3. The molecular weight excluding hydrogens is 392 g/mol. The molecule has 0 N–H and O–H groups in total. The molecule has 0 atom stereocenters.